The minimum Gasteiger partial charge on any atom is -0.496 e. The Kier molecular flexibility index (Phi) is 6.58. The predicted molar refractivity (Wildman–Crippen MR) is 103 cm³/mol. The van der Waals surface area contributed by atoms with Crippen molar-refractivity contribution in [3.63, 3.8) is 0 Å². The van der Waals surface area contributed by atoms with Gasteiger partial charge in [-0.25, -0.2) is 0 Å². The summed E-state index contributed by atoms with van der Waals surface area (Å²) in [6, 6.07) is 12.2. The van der Waals surface area contributed by atoms with Gasteiger partial charge in [0, 0.05) is 23.4 Å². The Balaban J connectivity index is 1.99. The monoisotopic (exact) mass is 404 g/mol. The third-order valence-electron chi connectivity index (χ3n) is 3.43. The number of anilines is 2. The Morgan fingerprint density at radius 1 is 1.04 bits per heavy atom. The van der Waals surface area contributed by atoms with Gasteiger partial charge in [-0.15, -0.1) is 0 Å². The zero-order valence-corrected chi connectivity index (χ0v) is 16.0. The van der Waals surface area contributed by atoms with Gasteiger partial charge in [0.25, 0.3) is 5.91 Å². The van der Waals surface area contributed by atoms with Crippen LogP contribution in [0.15, 0.2) is 46.9 Å². The summed E-state index contributed by atoms with van der Waals surface area (Å²) in [6.45, 7) is 3.99. The lowest BCUT2D eigenvalue weighted by atomic mass is 10.1. The first-order chi connectivity index (χ1) is 11.9. The Morgan fingerprint density at radius 3 is 2.16 bits per heavy atom. The Bertz CT molecular complexity index is 758. The average molecular weight is 405 g/mol. The molecule has 0 heterocycles. The lowest BCUT2D eigenvalue weighted by Gasteiger charge is -2.10. The number of ether oxygens (including phenoxy) is 1. The zero-order valence-electron chi connectivity index (χ0n) is 14.4. The van der Waals surface area contributed by atoms with E-state index in [1.165, 1.54) is 0 Å². The van der Waals surface area contributed by atoms with Gasteiger partial charge in [0.1, 0.15) is 5.75 Å². The lowest BCUT2D eigenvalue weighted by Crippen LogP contribution is -2.14. The molecule has 0 aliphatic rings. The highest BCUT2D eigenvalue weighted by molar-refractivity contribution is 9.10. The molecule has 0 aliphatic heterocycles. The summed E-state index contributed by atoms with van der Waals surface area (Å²) in [5, 5.41) is 5.66. The quantitative estimate of drug-likeness (QED) is 0.733. The van der Waals surface area contributed by atoms with Crippen molar-refractivity contribution in [1.82, 2.24) is 0 Å². The normalized spacial score (nSPS) is 10.4. The van der Waals surface area contributed by atoms with Crippen LogP contribution in [0, 0.1) is 5.92 Å². The molecule has 0 bridgehead atoms. The molecule has 2 rings (SSSR count). The number of methoxy groups -OCH3 is 1. The summed E-state index contributed by atoms with van der Waals surface area (Å²) in [5.74, 6) is 0.732. The van der Waals surface area contributed by atoms with Crippen LogP contribution in [0.25, 0.3) is 0 Å². The van der Waals surface area contributed by atoms with E-state index in [0.717, 1.165) is 0 Å². The van der Waals surface area contributed by atoms with Crippen molar-refractivity contribution in [3.8, 4) is 5.75 Å². The fourth-order valence-electron chi connectivity index (χ4n) is 2.23. The number of benzene rings is 2. The third kappa shape index (κ3) is 5.60. The minimum atomic E-state index is -0.222. The molecule has 2 amide bonds. The van der Waals surface area contributed by atoms with Crippen LogP contribution >= 0.6 is 15.9 Å². The third-order valence-corrected chi connectivity index (χ3v) is 4.05. The highest BCUT2D eigenvalue weighted by atomic mass is 79.9. The van der Waals surface area contributed by atoms with Crippen LogP contribution in [0.4, 0.5) is 11.4 Å². The molecule has 0 spiro atoms. The zero-order chi connectivity index (χ0) is 18.4. The largest absolute Gasteiger partial charge is 0.496 e. The fourth-order valence-corrected chi connectivity index (χ4v) is 2.77. The van der Waals surface area contributed by atoms with E-state index in [1.807, 2.05) is 13.8 Å². The molecule has 0 radical (unpaired) electrons. The van der Waals surface area contributed by atoms with E-state index in [0.29, 0.717) is 39.5 Å². The second-order valence-corrected chi connectivity index (χ2v) is 6.88. The summed E-state index contributed by atoms with van der Waals surface area (Å²) >= 11 is 3.37. The van der Waals surface area contributed by atoms with E-state index >= 15 is 0 Å². The number of hydrogen-bond donors (Lipinski definition) is 2. The fraction of sp³-hybridized carbons (Fsp3) is 0.263. The molecule has 0 saturated carbocycles. The van der Waals surface area contributed by atoms with Crippen molar-refractivity contribution in [2.24, 2.45) is 5.92 Å². The lowest BCUT2D eigenvalue weighted by molar-refractivity contribution is -0.116. The van der Waals surface area contributed by atoms with Crippen LogP contribution in [-0.4, -0.2) is 18.9 Å². The minimum absolute atomic E-state index is 0.0186. The summed E-state index contributed by atoms with van der Waals surface area (Å²) in [6.07, 6.45) is 0.477. The van der Waals surface area contributed by atoms with Gasteiger partial charge in [-0.3, -0.25) is 9.59 Å². The highest BCUT2D eigenvalue weighted by Crippen LogP contribution is 2.26. The van der Waals surface area contributed by atoms with Crippen molar-refractivity contribution in [1.29, 1.82) is 0 Å². The molecule has 0 aliphatic carbocycles. The molecule has 0 unspecified atom stereocenters. The topological polar surface area (TPSA) is 67.4 Å². The molecule has 0 aromatic heterocycles. The molecular weight excluding hydrogens is 384 g/mol. The van der Waals surface area contributed by atoms with E-state index in [9.17, 15) is 9.59 Å². The molecule has 0 atom stereocenters. The molecule has 2 N–H and O–H groups in total. The molecule has 5 nitrogen and oxygen atoms in total. The smallest absolute Gasteiger partial charge is 0.255 e. The first-order valence-corrected chi connectivity index (χ1v) is 8.73. The van der Waals surface area contributed by atoms with Gasteiger partial charge < -0.3 is 15.4 Å². The van der Waals surface area contributed by atoms with Crippen LogP contribution < -0.4 is 15.4 Å². The van der Waals surface area contributed by atoms with Gasteiger partial charge in [-0.1, -0.05) is 13.8 Å². The molecule has 2 aromatic rings. The average Bonchev–Trinajstić information content (AvgIpc) is 2.55. The highest BCUT2D eigenvalue weighted by Gasteiger charge is 2.10. The molecule has 0 saturated heterocycles. The summed E-state index contributed by atoms with van der Waals surface area (Å²) in [5.41, 5.74) is 1.87. The maximum Gasteiger partial charge on any atom is 0.255 e. The number of nitrogens with one attached hydrogen (secondary N) is 2. The van der Waals surface area contributed by atoms with Crippen LogP contribution in [0.3, 0.4) is 0 Å². The van der Waals surface area contributed by atoms with E-state index < -0.39 is 0 Å². The molecule has 2 aromatic carbocycles. The van der Waals surface area contributed by atoms with Crippen LogP contribution in [0.5, 0.6) is 5.75 Å². The van der Waals surface area contributed by atoms with Gasteiger partial charge in [-0.2, -0.15) is 0 Å². The number of halogens is 1. The number of amides is 2. The maximum absolute atomic E-state index is 12.3. The first kappa shape index (κ1) is 19.0. The van der Waals surface area contributed by atoms with E-state index in [-0.39, 0.29) is 11.8 Å². The predicted octanol–water partition coefficient (Wildman–Crippen LogP) is 4.69. The standard InChI is InChI=1S/C19H21BrN2O3/c1-12(2)10-18(23)21-14-5-7-15(8-6-14)22-19(24)13-4-9-17(25-3)16(20)11-13/h4-9,11-12H,10H2,1-3H3,(H,21,23)(H,22,24). The molecular formula is C19H21BrN2O3. The van der Waals surface area contributed by atoms with Crippen molar-refractivity contribution in [3.05, 3.63) is 52.5 Å². The Morgan fingerprint density at radius 2 is 1.64 bits per heavy atom. The van der Waals surface area contributed by atoms with Crippen LogP contribution in [-0.2, 0) is 4.79 Å². The molecule has 132 valence electrons. The molecule has 0 fully saturated rings. The second-order valence-electron chi connectivity index (χ2n) is 6.03. The SMILES string of the molecule is COc1ccc(C(=O)Nc2ccc(NC(=O)CC(C)C)cc2)cc1Br. The number of rotatable bonds is 6. The summed E-state index contributed by atoms with van der Waals surface area (Å²) < 4.78 is 5.87. The second kappa shape index (κ2) is 8.67. The van der Waals surface area contributed by atoms with Gasteiger partial charge in [0.2, 0.25) is 5.91 Å². The number of hydrogen-bond acceptors (Lipinski definition) is 3. The van der Waals surface area contributed by atoms with Crippen molar-refractivity contribution < 1.29 is 14.3 Å². The van der Waals surface area contributed by atoms with Crippen molar-refractivity contribution in [2.45, 2.75) is 20.3 Å². The number of carbonyl (C=O) groups is 2. The Labute approximate surface area is 155 Å². The van der Waals surface area contributed by atoms with Gasteiger partial charge in [0.05, 0.1) is 11.6 Å². The summed E-state index contributed by atoms with van der Waals surface area (Å²) in [7, 11) is 1.57. The van der Waals surface area contributed by atoms with Crippen molar-refractivity contribution >= 4 is 39.1 Å². The molecule has 6 heteroatoms. The van der Waals surface area contributed by atoms with Gasteiger partial charge >= 0.3 is 0 Å². The van der Waals surface area contributed by atoms with E-state index in [2.05, 4.69) is 26.6 Å². The Hall–Kier alpha value is -2.34. The van der Waals surface area contributed by atoms with E-state index in [1.54, 1.807) is 49.6 Å². The van der Waals surface area contributed by atoms with E-state index in [4.69, 9.17) is 4.74 Å². The molecule has 25 heavy (non-hydrogen) atoms. The number of carbonyl (C=O) groups excluding carboxylic acids is 2. The summed E-state index contributed by atoms with van der Waals surface area (Å²) in [4.78, 5) is 24.1. The van der Waals surface area contributed by atoms with Crippen molar-refractivity contribution in [2.75, 3.05) is 17.7 Å². The van der Waals surface area contributed by atoms with Crippen LogP contribution in [0.2, 0.25) is 0 Å². The van der Waals surface area contributed by atoms with Gasteiger partial charge in [-0.05, 0) is 64.3 Å². The van der Waals surface area contributed by atoms with Crippen LogP contribution in [0.1, 0.15) is 30.6 Å². The van der Waals surface area contributed by atoms with Gasteiger partial charge in [0.15, 0.2) is 0 Å². The first-order valence-electron chi connectivity index (χ1n) is 7.94. The maximum atomic E-state index is 12.3.